The Morgan fingerprint density at radius 2 is 1.26 bits per heavy atom. The van der Waals surface area contributed by atoms with Gasteiger partial charge < -0.3 is 25.4 Å². The van der Waals surface area contributed by atoms with Crippen LogP contribution >= 0.6 is 0 Å². The SMILES string of the molecule is CN(C)CCNC(=O)Cc1ccc(CC(=O)NCCN(C)C)[nH]1. The number of aromatic amines is 1. The number of likely N-dealkylation sites (N-methyl/N-ethyl adjacent to an activating group) is 2. The molecule has 1 aromatic heterocycles. The van der Waals surface area contributed by atoms with Crippen LogP contribution < -0.4 is 10.6 Å². The van der Waals surface area contributed by atoms with Crippen LogP contribution in [0, 0.1) is 0 Å². The summed E-state index contributed by atoms with van der Waals surface area (Å²) >= 11 is 0. The van der Waals surface area contributed by atoms with Crippen molar-refractivity contribution in [3.05, 3.63) is 23.5 Å². The Kier molecular flexibility index (Phi) is 8.36. The molecule has 1 rings (SSSR count). The van der Waals surface area contributed by atoms with E-state index in [1.54, 1.807) is 0 Å². The summed E-state index contributed by atoms with van der Waals surface area (Å²) in [6.07, 6.45) is 0.603. The minimum atomic E-state index is -0.0179. The first kappa shape index (κ1) is 19.2. The van der Waals surface area contributed by atoms with Crippen LogP contribution in [0.15, 0.2) is 12.1 Å². The van der Waals surface area contributed by atoms with Crippen molar-refractivity contribution < 1.29 is 9.59 Å². The first-order chi connectivity index (χ1) is 10.9. The van der Waals surface area contributed by atoms with Crippen molar-refractivity contribution in [3.63, 3.8) is 0 Å². The molecule has 2 amide bonds. The number of H-pyrrole nitrogens is 1. The Hall–Kier alpha value is -1.86. The molecule has 3 N–H and O–H groups in total. The smallest absolute Gasteiger partial charge is 0.225 e. The van der Waals surface area contributed by atoms with Crippen LogP contribution in [0.4, 0.5) is 0 Å². The van der Waals surface area contributed by atoms with Gasteiger partial charge in [-0.3, -0.25) is 9.59 Å². The highest BCUT2D eigenvalue weighted by Crippen LogP contribution is 2.03. The summed E-state index contributed by atoms with van der Waals surface area (Å²) in [4.78, 5) is 30.8. The molecule has 1 aromatic rings. The van der Waals surface area contributed by atoms with Crippen LogP contribution in [-0.2, 0) is 22.4 Å². The van der Waals surface area contributed by atoms with Gasteiger partial charge in [0.25, 0.3) is 0 Å². The number of aromatic nitrogens is 1. The fourth-order valence-electron chi connectivity index (χ4n) is 2.01. The number of carbonyl (C=O) groups excluding carboxylic acids is 2. The lowest BCUT2D eigenvalue weighted by molar-refractivity contribution is -0.121. The van der Waals surface area contributed by atoms with Gasteiger partial charge in [-0.05, 0) is 40.3 Å². The summed E-state index contributed by atoms with van der Waals surface area (Å²) in [7, 11) is 7.86. The van der Waals surface area contributed by atoms with E-state index in [0.29, 0.717) is 25.9 Å². The highest BCUT2D eigenvalue weighted by atomic mass is 16.2. The Morgan fingerprint density at radius 1 is 0.870 bits per heavy atom. The van der Waals surface area contributed by atoms with Crippen LogP contribution in [0.5, 0.6) is 0 Å². The van der Waals surface area contributed by atoms with Crippen molar-refractivity contribution in [3.8, 4) is 0 Å². The van der Waals surface area contributed by atoms with Crippen molar-refractivity contribution in [1.82, 2.24) is 25.4 Å². The standard InChI is InChI=1S/C16H29N5O2/c1-20(2)9-7-17-15(22)11-13-5-6-14(19-13)12-16(23)18-8-10-21(3)4/h5-6,19H,7-12H2,1-4H3,(H,17,22)(H,18,23). The molecule has 0 bridgehead atoms. The molecule has 23 heavy (non-hydrogen) atoms. The molecule has 0 fully saturated rings. The highest BCUT2D eigenvalue weighted by molar-refractivity contribution is 5.79. The lowest BCUT2D eigenvalue weighted by Crippen LogP contribution is -2.32. The number of hydrogen-bond acceptors (Lipinski definition) is 4. The number of nitrogens with zero attached hydrogens (tertiary/aromatic N) is 2. The van der Waals surface area contributed by atoms with E-state index in [0.717, 1.165) is 24.5 Å². The zero-order valence-electron chi connectivity index (χ0n) is 14.6. The third-order valence-corrected chi connectivity index (χ3v) is 3.27. The maximum Gasteiger partial charge on any atom is 0.225 e. The molecular weight excluding hydrogens is 294 g/mol. The highest BCUT2D eigenvalue weighted by Gasteiger charge is 2.08. The van der Waals surface area contributed by atoms with Gasteiger partial charge in [0.2, 0.25) is 11.8 Å². The first-order valence-electron chi connectivity index (χ1n) is 7.86. The lowest BCUT2D eigenvalue weighted by atomic mass is 10.3. The summed E-state index contributed by atoms with van der Waals surface area (Å²) in [6.45, 7) is 2.89. The maximum absolute atomic E-state index is 11.8. The summed E-state index contributed by atoms with van der Waals surface area (Å²) in [5.41, 5.74) is 1.65. The largest absolute Gasteiger partial charge is 0.361 e. The molecule has 0 aromatic carbocycles. The molecule has 7 heteroatoms. The van der Waals surface area contributed by atoms with Crippen LogP contribution in [0.2, 0.25) is 0 Å². The van der Waals surface area contributed by atoms with Gasteiger partial charge in [0.1, 0.15) is 0 Å². The molecule has 0 saturated heterocycles. The molecule has 7 nitrogen and oxygen atoms in total. The van der Waals surface area contributed by atoms with Crippen molar-refractivity contribution in [2.75, 3.05) is 54.4 Å². The molecule has 0 saturated carbocycles. The summed E-state index contributed by atoms with van der Waals surface area (Å²) in [5, 5.41) is 5.73. The van der Waals surface area contributed by atoms with E-state index < -0.39 is 0 Å². The summed E-state index contributed by atoms with van der Waals surface area (Å²) < 4.78 is 0. The van der Waals surface area contributed by atoms with E-state index in [-0.39, 0.29) is 11.8 Å². The average Bonchev–Trinajstić information content (AvgIpc) is 2.84. The Balaban J connectivity index is 2.31. The minimum absolute atomic E-state index is 0.0179. The monoisotopic (exact) mass is 323 g/mol. The second-order valence-electron chi connectivity index (χ2n) is 6.17. The van der Waals surface area contributed by atoms with Gasteiger partial charge in [-0.2, -0.15) is 0 Å². The van der Waals surface area contributed by atoms with Crippen molar-refractivity contribution in [1.29, 1.82) is 0 Å². The normalized spacial score (nSPS) is 11.0. The van der Waals surface area contributed by atoms with Gasteiger partial charge in [-0.1, -0.05) is 0 Å². The van der Waals surface area contributed by atoms with Gasteiger partial charge in [0.15, 0.2) is 0 Å². The molecule has 0 unspecified atom stereocenters. The van der Waals surface area contributed by atoms with E-state index >= 15 is 0 Å². The van der Waals surface area contributed by atoms with Gasteiger partial charge in [-0.25, -0.2) is 0 Å². The maximum atomic E-state index is 11.8. The number of rotatable bonds is 10. The van der Waals surface area contributed by atoms with Crippen LogP contribution in [0.25, 0.3) is 0 Å². The minimum Gasteiger partial charge on any atom is -0.361 e. The zero-order valence-corrected chi connectivity index (χ0v) is 14.6. The molecule has 0 spiro atoms. The molecule has 1 heterocycles. The molecule has 0 aliphatic carbocycles. The molecule has 0 aliphatic heterocycles. The van der Waals surface area contributed by atoms with E-state index in [1.165, 1.54) is 0 Å². The fourth-order valence-corrected chi connectivity index (χ4v) is 2.01. The molecular formula is C16H29N5O2. The van der Waals surface area contributed by atoms with Crippen molar-refractivity contribution >= 4 is 11.8 Å². The lowest BCUT2D eigenvalue weighted by Gasteiger charge is -2.10. The number of hydrogen-bond donors (Lipinski definition) is 3. The van der Waals surface area contributed by atoms with E-state index in [9.17, 15) is 9.59 Å². The van der Waals surface area contributed by atoms with E-state index in [4.69, 9.17) is 0 Å². The average molecular weight is 323 g/mol. The Bertz CT molecular complexity index is 454. The van der Waals surface area contributed by atoms with Crippen LogP contribution in [0.1, 0.15) is 11.4 Å². The molecule has 0 aliphatic rings. The summed E-state index contributed by atoms with van der Waals surface area (Å²) in [5.74, 6) is -0.0358. The van der Waals surface area contributed by atoms with E-state index in [1.807, 2.05) is 50.1 Å². The van der Waals surface area contributed by atoms with Gasteiger partial charge in [-0.15, -0.1) is 0 Å². The third-order valence-electron chi connectivity index (χ3n) is 3.27. The third kappa shape index (κ3) is 9.00. The second-order valence-corrected chi connectivity index (χ2v) is 6.17. The molecule has 130 valence electrons. The predicted octanol–water partition coefficient (Wildman–Crippen LogP) is -0.545. The Morgan fingerprint density at radius 3 is 1.61 bits per heavy atom. The van der Waals surface area contributed by atoms with Gasteiger partial charge in [0.05, 0.1) is 12.8 Å². The predicted molar refractivity (Wildman–Crippen MR) is 91.3 cm³/mol. The number of carbonyl (C=O) groups is 2. The van der Waals surface area contributed by atoms with Crippen LogP contribution in [-0.4, -0.2) is 81.0 Å². The van der Waals surface area contributed by atoms with E-state index in [2.05, 4.69) is 15.6 Å². The van der Waals surface area contributed by atoms with Crippen LogP contribution in [0.3, 0.4) is 0 Å². The fraction of sp³-hybridized carbons (Fsp3) is 0.625. The van der Waals surface area contributed by atoms with Crippen molar-refractivity contribution in [2.24, 2.45) is 0 Å². The van der Waals surface area contributed by atoms with Crippen molar-refractivity contribution in [2.45, 2.75) is 12.8 Å². The topological polar surface area (TPSA) is 80.5 Å². The number of nitrogens with one attached hydrogen (secondary N) is 3. The second kappa shape index (κ2) is 10.0. The zero-order chi connectivity index (χ0) is 17.2. The quantitative estimate of drug-likeness (QED) is 0.540. The molecule has 0 radical (unpaired) electrons. The van der Waals surface area contributed by atoms with Gasteiger partial charge in [0, 0.05) is 37.6 Å². The van der Waals surface area contributed by atoms with Gasteiger partial charge >= 0.3 is 0 Å². The number of amides is 2. The first-order valence-corrected chi connectivity index (χ1v) is 7.86. The summed E-state index contributed by atoms with van der Waals surface area (Å²) in [6, 6.07) is 3.71. The Labute approximate surface area is 138 Å². The molecule has 0 atom stereocenters.